The van der Waals surface area contributed by atoms with Crippen LogP contribution in [0.2, 0.25) is 5.02 Å². The second-order valence-electron chi connectivity index (χ2n) is 6.86. The summed E-state index contributed by atoms with van der Waals surface area (Å²) in [6.45, 7) is 5.52. The van der Waals surface area contributed by atoms with Gasteiger partial charge in [-0.05, 0) is 66.5 Å². The van der Waals surface area contributed by atoms with Gasteiger partial charge in [0.15, 0.2) is 0 Å². The average Bonchev–Trinajstić information content (AvgIpc) is 2.92. The highest BCUT2D eigenvalue weighted by Crippen LogP contribution is 2.48. The second kappa shape index (κ2) is 8.66. The fourth-order valence-electron chi connectivity index (χ4n) is 3.70. The van der Waals surface area contributed by atoms with E-state index in [1.165, 1.54) is 0 Å². The van der Waals surface area contributed by atoms with Gasteiger partial charge in [0, 0.05) is 20.8 Å². The molecular formula is C23H20Cl3NO2. The number of allylic oxidation sites excluding steroid dienone is 5. The quantitative estimate of drug-likeness (QED) is 0.494. The van der Waals surface area contributed by atoms with Gasteiger partial charge in [0.2, 0.25) is 5.91 Å². The van der Waals surface area contributed by atoms with Gasteiger partial charge in [-0.2, -0.15) is 0 Å². The molecule has 0 fully saturated rings. The number of benzene rings is 2. The number of hydrogen-bond acceptors (Lipinski definition) is 2. The Hall–Kier alpha value is -2.20. The largest absolute Gasteiger partial charge is 0.497 e. The number of anilines is 1. The first-order valence-corrected chi connectivity index (χ1v) is 10.0. The van der Waals surface area contributed by atoms with E-state index < -0.39 is 5.41 Å². The van der Waals surface area contributed by atoms with Crippen LogP contribution in [0.1, 0.15) is 24.5 Å². The minimum absolute atomic E-state index is 0.158. The standard InChI is InChI=1S/C23H20Cl3NO2/c1-14(24)9-16(10-15(2)25)13-23(17-5-4-6-19(11-17)29-3)20-8-7-18(26)12-21(20)27-22(23)28/h4-12H,1,13H2,2-3H3,(H,27,28)/b15-10+,16-9+. The van der Waals surface area contributed by atoms with Crippen molar-refractivity contribution >= 4 is 46.4 Å². The third kappa shape index (κ3) is 4.37. The molecule has 1 N–H and O–H groups in total. The van der Waals surface area contributed by atoms with E-state index in [0.29, 0.717) is 32.9 Å². The molecule has 1 amide bonds. The normalized spacial score (nSPS) is 19.0. The monoisotopic (exact) mass is 447 g/mol. The van der Waals surface area contributed by atoms with Crippen LogP contribution in [0.25, 0.3) is 0 Å². The first kappa shape index (κ1) is 21.5. The van der Waals surface area contributed by atoms with Crippen LogP contribution in [-0.2, 0) is 10.2 Å². The summed E-state index contributed by atoms with van der Waals surface area (Å²) >= 11 is 18.4. The lowest BCUT2D eigenvalue weighted by molar-refractivity contribution is -0.119. The van der Waals surface area contributed by atoms with Crippen LogP contribution in [0, 0.1) is 0 Å². The molecule has 6 heteroatoms. The Morgan fingerprint density at radius 2 is 1.97 bits per heavy atom. The molecule has 1 unspecified atom stereocenters. The van der Waals surface area contributed by atoms with Gasteiger partial charge in [0.25, 0.3) is 0 Å². The Morgan fingerprint density at radius 1 is 1.21 bits per heavy atom. The maximum absolute atomic E-state index is 13.4. The number of halogens is 3. The summed E-state index contributed by atoms with van der Waals surface area (Å²) in [5, 5.41) is 4.45. The van der Waals surface area contributed by atoms with Crippen molar-refractivity contribution < 1.29 is 9.53 Å². The molecule has 0 aromatic heterocycles. The summed E-state index contributed by atoms with van der Waals surface area (Å²) in [7, 11) is 1.59. The lowest BCUT2D eigenvalue weighted by atomic mass is 9.71. The molecule has 29 heavy (non-hydrogen) atoms. The van der Waals surface area contributed by atoms with E-state index in [-0.39, 0.29) is 5.91 Å². The van der Waals surface area contributed by atoms with Crippen LogP contribution in [0.15, 0.2) is 76.8 Å². The van der Waals surface area contributed by atoms with Crippen molar-refractivity contribution in [2.24, 2.45) is 0 Å². The van der Waals surface area contributed by atoms with Crippen molar-refractivity contribution in [1.29, 1.82) is 0 Å². The first-order valence-electron chi connectivity index (χ1n) is 8.91. The smallest absolute Gasteiger partial charge is 0.239 e. The molecule has 0 bridgehead atoms. The molecule has 0 aliphatic carbocycles. The number of hydrogen-bond donors (Lipinski definition) is 1. The molecule has 3 nitrogen and oxygen atoms in total. The molecule has 3 rings (SSSR count). The predicted molar refractivity (Wildman–Crippen MR) is 121 cm³/mol. The van der Waals surface area contributed by atoms with Crippen LogP contribution in [0.3, 0.4) is 0 Å². The fourth-order valence-corrected chi connectivity index (χ4v) is 4.16. The maximum Gasteiger partial charge on any atom is 0.239 e. The first-order chi connectivity index (χ1) is 13.8. The molecule has 2 aromatic carbocycles. The van der Waals surface area contributed by atoms with Crippen molar-refractivity contribution in [3.05, 3.63) is 93.0 Å². The van der Waals surface area contributed by atoms with Crippen molar-refractivity contribution in [3.8, 4) is 5.75 Å². The molecule has 0 radical (unpaired) electrons. The molecule has 150 valence electrons. The van der Waals surface area contributed by atoms with Crippen LogP contribution in [0.5, 0.6) is 5.75 Å². The minimum Gasteiger partial charge on any atom is -0.497 e. The lowest BCUT2D eigenvalue weighted by Gasteiger charge is -2.29. The number of nitrogens with one attached hydrogen (secondary N) is 1. The fraction of sp³-hybridized carbons (Fsp3) is 0.174. The molecule has 0 saturated heterocycles. The van der Waals surface area contributed by atoms with Crippen molar-refractivity contribution in [2.45, 2.75) is 18.8 Å². The Labute approximate surface area is 185 Å². The Bertz CT molecular complexity index is 1040. The van der Waals surface area contributed by atoms with Crippen LogP contribution >= 0.6 is 34.8 Å². The number of methoxy groups -OCH3 is 1. The van der Waals surface area contributed by atoms with Crippen molar-refractivity contribution in [1.82, 2.24) is 0 Å². The molecule has 1 aliphatic rings. The highest BCUT2D eigenvalue weighted by Gasteiger charge is 2.48. The molecule has 1 aliphatic heterocycles. The molecule has 2 aromatic rings. The van der Waals surface area contributed by atoms with Gasteiger partial charge >= 0.3 is 0 Å². The van der Waals surface area contributed by atoms with E-state index in [9.17, 15) is 4.79 Å². The number of ether oxygens (including phenoxy) is 1. The van der Waals surface area contributed by atoms with Crippen LogP contribution in [-0.4, -0.2) is 13.0 Å². The summed E-state index contributed by atoms with van der Waals surface area (Å²) in [4.78, 5) is 13.4. The van der Waals surface area contributed by atoms with Gasteiger partial charge in [-0.25, -0.2) is 0 Å². The summed E-state index contributed by atoms with van der Waals surface area (Å²) in [6.07, 6.45) is 3.84. The number of carbonyl (C=O) groups excluding carboxylic acids is 1. The summed E-state index contributed by atoms with van der Waals surface area (Å²) < 4.78 is 5.40. The number of carbonyl (C=O) groups is 1. The van der Waals surface area contributed by atoms with Crippen LogP contribution in [0.4, 0.5) is 5.69 Å². The average molecular weight is 449 g/mol. The van der Waals surface area contributed by atoms with Gasteiger partial charge in [-0.3, -0.25) is 4.79 Å². The molecule has 0 spiro atoms. The highest BCUT2D eigenvalue weighted by molar-refractivity contribution is 6.31. The SMILES string of the molecule is C=C(Cl)/C=C(\C=C(/C)Cl)CC1(c2cccc(OC)c2)C(=O)Nc2cc(Cl)ccc21. The van der Waals surface area contributed by atoms with E-state index in [2.05, 4.69) is 11.9 Å². The molecule has 1 heterocycles. The number of rotatable bonds is 6. The summed E-state index contributed by atoms with van der Waals surface area (Å²) in [5.41, 5.74) is 2.07. The zero-order chi connectivity index (χ0) is 21.2. The Kier molecular flexibility index (Phi) is 6.42. The second-order valence-corrected chi connectivity index (χ2v) is 8.37. The lowest BCUT2D eigenvalue weighted by Crippen LogP contribution is -2.36. The highest BCUT2D eigenvalue weighted by atomic mass is 35.5. The van der Waals surface area contributed by atoms with Crippen LogP contribution < -0.4 is 10.1 Å². The Balaban J connectivity index is 2.27. The Morgan fingerprint density at radius 3 is 2.62 bits per heavy atom. The topological polar surface area (TPSA) is 38.3 Å². The van der Waals surface area contributed by atoms with E-state index in [1.807, 2.05) is 30.3 Å². The molecule has 0 saturated carbocycles. The maximum atomic E-state index is 13.4. The van der Waals surface area contributed by atoms with E-state index in [1.54, 1.807) is 38.3 Å². The molecular weight excluding hydrogens is 429 g/mol. The van der Waals surface area contributed by atoms with Gasteiger partial charge in [0.1, 0.15) is 11.2 Å². The van der Waals surface area contributed by atoms with E-state index in [4.69, 9.17) is 39.5 Å². The van der Waals surface area contributed by atoms with E-state index >= 15 is 0 Å². The summed E-state index contributed by atoms with van der Waals surface area (Å²) in [6, 6.07) is 12.9. The zero-order valence-corrected chi connectivity index (χ0v) is 18.3. The van der Waals surface area contributed by atoms with Crippen molar-refractivity contribution in [2.75, 3.05) is 12.4 Å². The number of fused-ring (bicyclic) bond motifs is 1. The molecule has 1 atom stereocenters. The summed E-state index contributed by atoms with van der Waals surface area (Å²) in [5.74, 6) is 0.503. The predicted octanol–water partition coefficient (Wildman–Crippen LogP) is 6.80. The minimum atomic E-state index is -1.00. The third-order valence-electron chi connectivity index (χ3n) is 4.84. The number of amides is 1. The third-order valence-corrected chi connectivity index (χ3v) is 5.29. The van der Waals surface area contributed by atoms with Gasteiger partial charge < -0.3 is 10.1 Å². The van der Waals surface area contributed by atoms with E-state index in [0.717, 1.165) is 16.7 Å². The van der Waals surface area contributed by atoms with Gasteiger partial charge in [0.05, 0.1) is 7.11 Å². The zero-order valence-electron chi connectivity index (χ0n) is 16.1. The van der Waals surface area contributed by atoms with Gasteiger partial charge in [-0.1, -0.05) is 59.6 Å². The van der Waals surface area contributed by atoms with Gasteiger partial charge in [-0.15, -0.1) is 0 Å². The van der Waals surface area contributed by atoms with Crippen molar-refractivity contribution in [3.63, 3.8) is 0 Å².